The fourth-order valence-corrected chi connectivity index (χ4v) is 7.82. The van der Waals surface area contributed by atoms with Crippen LogP contribution in [0.5, 0.6) is 5.75 Å². The number of ether oxygens (including phenoxy) is 1. The molecule has 2 amide bonds. The van der Waals surface area contributed by atoms with Crippen molar-refractivity contribution >= 4 is 67.9 Å². The van der Waals surface area contributed by atoms with Crippen LogP contribution in [0.3, 0.4) is 0 Å². The zero-order valence-electron chi connectivity index (χ0n) is 31.4. The number of aliphatic carboxylic acids is 1. The molecule has 21 heteroatoms. The lowest BCUT2D eigenvalue weighted by molar-refractivity contribution is -0.192. The average Bonchev–Trinajstić information content (AvgIpc) is 3.14. The van der Waals surface area contributed by atoms with Gasteiger partial charge in [-0.2, -0.15) is 17.9 Å². The Kier molecular flexibility index (Phi) is 17.6. The molecule has 0 spiro atoms. The summed E-state index contributed by atoms with van der Waals surface area (Å²) in [6.45, 7) is 5.33. The van der Waals surface area contributed by atoms with Crippen molar-refractivity contribution in [3.63, 3.8) is 0 Å². The highest BCUT2D eigenvalue weighted by molar-refractivity contribution is 7.89. The van der Waals surface area contributed by atoms with E-state index >= 15 is 0 Å². The molecule has 1 aliphatic rings. The molecule has 0 bridgehead atoms. The molecular formula is C36H47Cl2F3N8O7S. The zero-order valence-corrected chi connectivity index (χ0v) is 33.7. The van der Waals surface area contributed by atoms with Crippen LogP contribution in [0.4, 0.5) is 13.2 Å². The van der Waals surface area contributed by atoms with Crippen LogP contribution in [0.15, 0.2) is 52.4 Å². The van der Waals surface area contributed by atoms with Crippen molar-refractivity contribution in [2.24, 2.45) is 22.2 Å². The number of amides is 2. The van der Waals surface area contributed by atoms with Crippen LogP contribution in [0, 0.1) is 6.92 Å². The van der Waals surface area contributed by atoms with Gasteiger partial charge in [-0.05, 0) is 50.5 Å². The Bertz CT molecular complexity index is 2010. The lowest BCUT2D eigenvalue weighted by Crippen LogP contribution is -2.56. The van der Waals surface area contributed by atoms with Crippen molar-refractivity contribution < 1.29 is 45.8 Å². The van der Waals surface area contributed by atoms with E-state index in [1.54, 1.807) is 15.9 Å². The van der Waals surface area contributed by atoms with Crippen molar-refractivity contribution in [3.05, 3.63) is 63.8 Å². The van der Waals surface area contributed by atoms with Gasteiger partial charge in [0.15, 0.2) is 5.96 Å². The number of para-hydroxylation sites is 1. The van der Waals surface area contributed by atoms with Crippen molar-refractivity contribution in [1.82, 2.24) is 19.5 Å². The van der Waals surface area contributed by atoms with Gasteiger partial charge in [0.2, 0.25) is 21.8 Å². The second kappa shape index (κ2) is 21.4. The number of fused-ring (bicyclic) bond motifs is 1. The second-order valence-corrected chi connectivity index (χ2v) is 15.6. The third-order valence-corrected chi connectivity index (χ3v) is 11.1. The van der Waals surface area contributed by atoms with Gasteiger partial charge in [-0.25, -0.2) is 18.2 Å². The molecule has 2 aromatic carbocycles. The number of carbonyl (C=O) groups excluding carboxylic acids is 2. The number of unbranched alkanes of at least 4 members (excludes halogenated alkanes) is 1. The standard InChI is InChI=1S/C34H46Cl2N8O5S.C2HF3O2/c1-3-4-9-27(33(46)44-18-16-43(17-19-44)30(45)20-24(37)8-6-15-40-34(38)39)42-50(47,48)29-14-13-26(35)25(31(29)36)21-49-28-10-5-7-23-12-11-22(2)41-32(23)28;3-2(4,5)1(6)7/h5,7,10-14,24,27,42H,3-4,6,8-9,15-21,37H2,1-2H3,(H4,38,39,40);(H,6,7)/t24-,27+;/m0./s1. The number of carbonyl (C=O) groups is 3. The number of carboxylic acid groups (broad SMARTS) is 1. The molecule has 2 heterocycles. The van der Waals surface area contributed by atoms with Gasteiger partial charge in [0, 0.05) is 66.9 Å². The summed E-state index contributed by atoms with van der Waals surface area (Å²) in [7, 11) is -4.28. The van der Waals surface area contributed by atoms with E-state index in [1.807, 2.05) is 38.1 Å². The van der Waals surface area contributed by atoms with E-state index in [-0.39, 0.29) is 76.9 Å². The number of pyridine rings is 1. The Morgan fingerprint density at radius 2 is 1.67 bits per heavy atom. The number of hydrogen-bond acceptors (Lipinski definition) is 9. The summed E-state index contributed by atoms with van der Waals surface area (Å²) in [5.41, 5.74) is 18.6. The third kappa shape index (κ3) is 14.2. The van der Waals surface area contributed by atoms with E-state index in [1.165, 1.54) is 12.1 Å². The smallest absolute Gasteiger partial charge is 0.487 e. The number of aromatic nitrogens is 1. The van der Waals surface area contributed by atoms with Crippen LogP contribution in [-0.2, 0) is 31.0 Å². The first kappa shape index (κ1) is 46.9. The van der Waals surface area contributed by atoms with Crippen LogP contribution in [0.1, 0.15) is 56.7 Å². The number of nitrogens with one attached hydrogen (secondary N) is 1. The molecule has 57 heavy (non-hydrogen) atoms. The molecule has 0 saturated carbocycles. The third-order valence-electron chi connectivity index (χ3n) is 8.73. The van der Waals surface area contributed by atoms with Gasteiger partial charge in [-0.1, -0.05) is 61.2 Å². The largest absolute Gasteiger partial charge is 0.490 e. The maximum atomic E-state index is 13.8. The summed E-state index contributed by atoms with van der Waals surface area (Å²) in [4.78, 5) is 47.0. The summed E-state index contributed by atoms with van der Waals surface area (Å²) in [5.74, 6) is -2.70. The Balaban J connectivity index is 0.00000113. The van der Waals surface area contributed by atoms with Gasteiger partial charge in [-0.15, -0.1) is 0 Å². The van der Waals surface area contributed by atoms with Gasteiger partial charge >= 0.3 is 12.1 Å². The van der Waals surface area contributed by atoms with Crippen LogP contribution < -0.4 is 26.7 Å². The van der Waals surface area contributed by atoms with E-state index in [0.29, 0.717) is 50.2 Å². The van der Waals surface area contributed by atoms with Gasteiger partial charge < -0.3 is 36.8 Å². The number of rotatable bonds is 16. The maximum absolute atomic E-state index is 13.8. The summed E-state index contributed by atoms with van der Waals surface area (Å²) < 4.78 is 68.0. The molecule has 0 unspecified atom stereocenters. The molecule has 4 rings (SSSR count). The average molecular weight is 864 g/mol. The number of piperazine rings is 1. The predicted octanol–water partition coefficient (Wildman–Crippen LogP) is 4.34. The molecular weight excluding hydrogens is 816 g/mol. The van der Waals surface area contributed by atoms with E-state index < -0.39 is 28.2 Å². The molecule has 2 atom stereocenters. The predicted molar refractivity (Wildman–Crippen MR) is 210 cm³/mol. The highest BCUT2D eigenvalue weighted by Gasteiger charge is 2.38. The number of alkyl halides is 3. The molecule has 1 saturated heterocycles. The topological polar surface area (TPSA) is 237 Å². The number of nitrogens with two attached hydrogens (primary N) is 3. The number of aryl methyl sites for hydroxylation is 1. The molecule has 0 radical (unpaired) electrons. The molecule has 1 aliphatic heterocycles. The number of nitrogens with zero attached hydrogens (tertiary/aromatic N) is 4. The Hall–Kier alpha value is -4.43. The number of aliphatic imine (C=N–C) groups is 1. The fraction of sp³-hybridized carbons (Fsp3) is 0.472. The van der Waals surface area contributed by atoms with Gasteiger partial charge in [0.05, 0.1) is 5.02 Å². The molecule has 1 fully saturated rings. The molecule has 1 aromatic heterocycles. The number of hydrogen-bond donors (Lipinski definition) is 5. The number of halogens is 5. The van der Waals surface area contributed by atoms with E-state index in [4.69, 9.17) is 55.0 Å². The van der Waals surface area contributed by atoms with E-state index in [2.05, 4.69) is 14.7 Å². The summed E-state index contributed by atoms with van der Waals surface area (Å²) in [6, 6.07) is 10.8. The Morgan fingerprint density at radius 1 is 1.02 bits per heavy atom. The summed E-state index contributed by atoms with van der Waals surface area (Å²) >= 11 is 13.2. The van der Waals surface area contributed by atoms with E-state index in [0.717, 1.165) is 17.5 Å². The highest BCUT2D eigenvalue weighted by atomic mass is 35.5. The Labute approximate surface area is 338 Å². The van der Waals surface area contributed by atoms with Gasteiger partial charge in [0.1, 0.15) is 28.8 Å². The SMILES string of the molecule is CCCC[C@@H](NS(=O)(=O)c1ccc(Cl)c(COc2cccc3ccc(C)nc23)c1Cl)C(=O)N1CCN(C(=O)C[C@@H](N)CCCN=C(N)N)CC1.O=C(O)C(F)(F)F. The minimum atomic E-state index is -5.08. The first-order valence-electron chi connectivity index (χ1n) is 17.9. The van der Waals surface area contributed by atoms with Gasteiger partial charge in [-0.3, -0.25) is 14.6 Å². The number of guanidine groups is 1. The van der Waals surface area contributed by atoms with Crippen LogP contribution in [0.25, 0.3) is 10.9 Å². The second-order valence-electron chi connectivity index (χ2n) is 13.1. The molecule has 0 aliphatic carbocycles. The van der Waals surface area contributed by atoms with E-state index in [9.17, 15) is 31.2 Å². The summed E-state index contributed by atoms with van der Waals surface area (Å²) in [6.07, 6.45) is -2.01. The molecule has 314 valence electrons. The number of sulfonamides is 1. The van der Waals surface area contributed by atoms with Gasteiger partial charge in [0.25, 0.3) is 0 Å². The fourth-order valence-electron chi connectivity index (χ4n) is 5.71. The highest BCUT2D eigenvalue weighted by Crippen LogP contribution is 2.33. The van der Waals surface area contributed by atoms with Crippen molar-refractivity contribution in [1.29, 1.82) is 0 Å². The first-order chi connectivity index (χ1) is 26.7. The van der Waals surface area contributed by atoms with Crippen molar-refractivity contribution in [2.45, 2.75) is 82.1 Å². The first-order valence-corrected chi connectivity index (χ1v) is 20.1. The lowest BCUT2D eigenvalue weighted by Gasteiger charge is -2.37. The van der Waals surface area contributed by atoms with Crippen LogP contribution in [0.2, 0.25) is 10.0 Å². The minimum absolute atomic E-state index is 0.0153. The van der Waals surface area contributed by atoms with Crippen LogP contribution >= 0.6 is 23.2 Å². The zero-order chi connectivity index (χ0) is 42.5. The maximum Gasteiger partial charge on any atom is 0.490 e. The molecule has 15 nitrogen and oxygen atoms in total. The van der Waals surface area contributed by atoms with Crippen molar-refractivity contribution in [2.75, 3.05) is 32.7 Å². The minimum Gasteiger partial charge on any atom is -0.487 e. The Morgan fingerprint density at radius 3 is 2.28 bits per heavy atom. The van der Waals surface area contributed by atoms with Crippen molar-refractivity contribution in [3.8, 4) is 5.75 Å². The lowest BCUT2D eigenvalue weighted by atomic mass is 10.1. The quantitative estimate of drug-likeness (QED) is 0.0772. The summed E-state index contributed by atoms with van der Waals surface area (Å²) in [5, 5.41) is 8.15. The van der Waals surface area contributed by atoms with Crippen LogP contribution in [-0.4, -0.2) is 103 Å². The number of benzene rings is 2. The normalized spacial score (nSPS) is 14.3. The number of carboxylic acids is 1. The monoisotopic (exact) mass is 862 g/mol. The molecule has 3 aromatic rings. The molecule has 8 N–H and O–H groups in total.